The molecule has 0 saturated heterocycles. The van der Waals surface area contributed by atoms with Crippen LogP contribution in [0, 0.1) is 0 Å². The van der Waals surface area contributed by atoms with Gasteiger partial charge in [-0.05, 0) is 19.1 Å². The maximum absolute atomic E-state index is 11.9. The van der Waals surface area contributed by atoms with Crippen LogP contribution in [0.2, 0.25) is 0 Å². The number of nitrogen functional groups attached to an aromatic ring is 1. The van der Waals surface area contributed by atoms with Crippen LogP contribution in [-0.4, -0.2) is 16.1 Å². The average Bonchev–Trinajstić information content (AvgIpc) is 2.44. The van der Waals surface area contributed by atoms with E-state index in [1.807, 2.05) is 37.3 Å². The molecule has 3 N–H and O–H groups in total. The molecule has 0 aliphatic rings. The van der Waals surface area contributed by atoms with Gasteiger partial charge in [0.1, 0.15) is 11.5 Å². The number of H-pyrrole nitrogens is 1. The first-order valence-electron chi connectivity index (χ1n) is 5.97. The number of hydrogen-bond acceptors (Lipinski definition) is 4. The number of benzene rings is 1. The van der Waals surface area contributed by atoms with E-state index in [1.54, 1.807) is 4.90 Å². The molecule has 6 heteroatoms. The summed E-state index contributed by atoms with van der Waals surface area (Å²) in [5.41, 5.74) is 5.74. The van der Waals surface area contributed by atoms with Gasteiger partial charge in [-0.2, -0.15) is 0 Å². The van der Waals surface area contributed by atoms with Crippen LogP contribution in [0.15, 0.2) is 39.9 Å². The van der Waals surface area contributed by atoms with Crippen molar-refractivity contribution in [2.45, 2.75) is 6.92 Å². The molecule has 2 aromatic rings. The maximum Gasteiger partial charge on any atom is 0.329 e. The average molecular weight is 260 g/mol. The van der Waals surface area contributed by atoms with E-state index < -0.39 is 11.2 Å². The topological polar surface area (TPSA) is 84.1 Å². The molecule has 1 aromatic heterocycles. The second-order valence-electron chi connectivity index (χ2n) is 4.14. The molecule has 0 fully saturated rings. The highest BCUT2D eigenvalue weighted by Crippen LogP contribution is 2.24. The molecule has 19 heavy (non-hydrogen) atoms. The van der Waals surface area contributed by atoms with Gasteiger partial charge < -0.3 is 10.6 Å². The van der Waals surface area contributed by atoms with Gasteiger partial charge in [0.2, 0.25) is 0 Å². The van der Waals surface area contributed by atoms with E-state index in [-0.39, 0.29) is 5.69 Å². The van der Waals surface area contributed by atoms with Crippen LogP contribution in [0.3, 0.4) is 0 Å². The van der Waals surface area contributed by atoms with Gasteiger partial charge in [0.15, 0.2) is 0 Å². The minimum Gasteiger partial charge on any atom is -0.391 e. The Morgan fingerprint density at radius 1 is 1.26 bits per heavy atom. The summed E-state index contributed by atoms with van der Waals surface area (Å²) < 4.78 is 0.956. The lowest BCUT2D eigenvalue weighted by Crippen LogP contribution is -2.37. The monoisotopic (exact) mass is 260 g/mol. The lowest BCUT2D eigenvalue weighted by Gasteiger charge is -2.23. The quantitative estimate of drug-likeness (QED) is 0.855. The first kappa shape index (κ1) is 12.9. The molecule has 0 aliphatic heterocycles. The molecule has 100 valence electrons. The Balaban J connectivity index is 2.64. The first-order valence-corrected chi connectivity index (χ1v) is 5.97. The highest BCUT2D eigenvalue weighted by molar-refractivity contribution is 5.70. The summed E-state index contributed by atoms with van der Waals surface area (Å²) in [7, 11) is 1.39. The number of aromatic nitrogens is 2. The standard InChI is InChI=1S/C13H16N4O2/c1-3-17(9-7-5-4-6-8-9)11-10(14)12(18)16(2)13(19)15-11/h4-8H,3,14H2,1-2H3,(H,15,19). The molecule has 1 aromatic carbocycles. The zero-order valence-electron chi connectivity index (χ0n) is 10.9. The van der Waals surface area contributed by atoms with Gasteiger partial charge in [-0.15, -0.1) is 0 Å². The van der Waals surface area contributed by atoms with E-state index in [4.69, 9.17) is 5.73 Å². The van der Waals surface area contributed by atoms with Crippen LogP contribution in [0.4, 0.5) is 17.2 Å². The highest BCUT2D eigenvalue weighted by atomic mass is 16.2. The largest absolute Gasteiger partial charge is 0.391 e. The molecule has 0 amide bonds. The minimum atomic E-state index is -0.492. The Morgan fingerprint density at radius 3 is 2.47 bits per heavy atom. The fourth-order valence-electron chi connectivity index (χ4n) is 1.92. The van der Waals surface area contributed by atoms with E-state index in [2.05, 4.69) is 4.98 Å². The van der Waals surface area contributed by atoms with Crippen molar-refractivity contribution in [2.24, 2.45) is 7.05 Å². The number of nitrogens with zero attached hydrogens (tertiary/aromatic N) is 2. The third kappa shape index (κ3) is 2.24. The molecule has 1 heterocycles. The molecule has 0 saturated carbocycles. The number of anilines is 3. The Kier molecular flexibility index (Phi) is 3.41. The van der Waals surface area contributed by atoms with Crippen LogP contribution in [0.1, 0.15) is 6.92 Å². The summed E-state index contributed by atoms with van der Waals surface area (Å²) in [5.74, 6) is 0.335. The predicted molar refractivity (Wildman–Crippen MR) is 75.8 cm³/mol. The molecule has 0 unspecified atom stereocenters. The summed E-state index contributed by atoms with van der Waals surface area (Å²) in [5, 5.41) is 0. The molecule has 0 spiro atoms. The Hall–Kier alpha value is -2.50. The van der Waals surface area contributed by atoms with E-state index >= 15 is 0 Å². The smallest absolute Gasteiger partial charge is 0.329 e. The summed E-state index contributed by atoms with van der Waals surface area (Å²) >= 11 is 0. The van der Waals surface area contributed by atoms with Gasteiger partial charge in [0.05, 0.1) is 0 Å². The molecule has 0 radical (unpaired) electrons. The SMILES string of the molecule is CCN(c1ccccc1)c1[nH]c(=O)n(C)c(=O)c1N. The van der Waals surface area contributed by atoms with Crippen LogP contribution in [-0.2, 0) is 7.05 Å². The van der Waals surface area contributed by atoms with Crippen LogP contribution in [0.5, 0.6) is 0 Å². The Bertz CT molecular complexity index is 688. The van der Waals surface area contributed by atoms with Crippen molar-refractivity contribution in [2.75, 3.05) is 17.2 Å². The number of rotatable bonds is 3. The number of para-hydroxylation sites is 1. The van der Waals surface area contributed by atoms with Crippen molar-refractivity contribution in [3.05, 3.63) is 51.2 Å². The van der Waals surface area contributed by atoms with E-state index in [9.17, 15) is 9.59 Å². The summed E-state index contributed by atoms with van der Waals surface area (Å²) in [4.78, 5) is 28.0. The van der Waals surface area contributed by atoms with Crippen LogP contribution >= 0.6 is 0 Å². The Labute approximate surface area is 110 Å². The predicted octanol–water partition coefficient (Wildman–Crippen LogP) is 0.814. The van der Waals surface area contributed by atoms with Gasteiger partial charge in [-0.3, -0.25) is 14.3 Å². The number of hydrogen-bond donors (Lipinski definition) is 2. The van der Waals surface area contributed by atoms with Gasteiger partial charge in [-0.1, -0.05) is 18.2 Å². The van der Waals surface area contributed by atoms with Crippen molar-refractivity contribution in [1.82, 2.24) is 9.55 Å². The number of aromatic amines is 1. The van der Waals surface area contributed by atoms with Crippen LogP contribution in [0.25, 0.3) is 0 Å². The zero-order chi connectivity index (χ0) is 14.0. The fraction of sp³-hybridized carbons (Fsp3) is 0.231. The lowest BCUT2D eigenvalue weighted by molar-refractivity contribution is 0.773. The van der Waals surface area contributed by atoms with Crippen molar-refractivity contribution in [3.63, 3.8) is 0 Å². The van der Waals surface area contributed by atoms with E-state index in [1.165, 1.54) is 7.05 Å². The minimum absolute atomic E-state index is 0.0350. The van der Waals surface area contributed by atoms with Crippen molar-refractivity contribution < 1.29 is 0 Å². The summed E-state index contributed by atoms with van der Waals surface area (Å²) in [6.45, 7) is 2.50. The van der Waals surface area contributed by atoms with Crippen molar-refractivity contribution in [3.8, 4) is 0 Å². The third-order valence-corrected chi connectivity index (χ3v) is 2.97. The van der Waals surface area contributed by atoms with Crippen molar-refractivity contribution in [1.29, 1.82) is 0 Å². The number of nitrogens with two attached hydrogens (primary N) is 1. The second kappa shape index (κ2) is 5.01. The molecule has 6 nitrogen and oxygen atoms in total. The maximum atomic E-state index is 11.9. The van der Waals surface area contributed by atoms with Crippen molar-refractivity contribution >= 4 is 17.2 Å². The molecule has 0 bridgehead atoms. The summed E-state index contributed by atoms with van der Waals surface area (Å²) in [6.07, 6.45) is 0. The van der Waals surface area contributed by atoms with Gasteiger partial charge >= 0.3 is 5.69 Å². The Morgan fingerprint density at radius 2 is 1.89 bits per heavy atom. The molecular weight excluding hydrogens is 244 g/mol. The normalized spacial score (nSPS) is 10.4. The number of nitrogens with one attached hydrogen (secondary N) is 1. The van der Waals surface area contributed by atoms with Crippen LogP contribution < -0.4 is 21.9 Å². The molecule has 0 aliphatic carbocycles. The van der Waals surface area contributed by atoms with E-state index in [0.29, 0.717) is 12.4 Å². The second-order valence-corrected chi connectivity index (χ2v) is 4.14. The van der Waals surface area contributed by atoms with Gasteiger partial charge in [0, 0.05) is 19.3 Å². The summed E-state index contributed by atoms with van der Waals surface area (Å²) in [6, 6.07) is 9.44. The fourth-order valence-corrected chi connectivity index (χ4v) is 1.92. The lowest BCUT2D eigenvalue weighted by atomic mass is 10.2. The van der Waals surface area contributed by atoms with Gasteiger partial charge in [0.25, 0.3) is 5.56 Å². The molecular formula is C13H16N4O2. The highest BCUT2D eigenvalue weighted by Gasteiger charge is 2.15. The first-order chi connectivity index (χ1) is 9.06. The molecule has 2 rings (SSSR count). The van der Waals surface area contributed by atoms with E-state index in [0.717, 1.165) is 10.3 Å². The zero-order valence-corrected chi connectivity index (χ0v) is 10.9. The third-order valence-electron chi connectivity index (χ3n) is 2.97. The molecule has 0 atom stereocenters. The van der Waals surface area contributed by atoms with Gasteiger partial charge in [-0.25, -0.2) is 4.79 Å².